The van der Waals surface area contributed by atoms with Crippen molar-refractivity contribution in [3.8, 4) is 0 Å². The van der Waals surface area contributed by atoms with Gasteiger partial charge in [0.2, 0.25) is 0 Å². The minimum absolute atomic E-state index is 0.606. The molecule has 4 heteroatoms. The lowest BCUT2D eigenvalue weighted by atomic mass is 9.87. The Morgan fingerprint density at radius 3 is 3.16 bits per heavy atom. The van der Waals surface area contributed by atoms with E-state index >= 15 is 0 Å². The van der Waals surface area contributed by atoms with Gasteiger partial charge >= 0.3 is 0 Å². The highest BCUT2D eigenvalue weighted by atomic mass is 32.1. The van der Waals surface area contributed by atoms with Crippen LogP contribution in [0, 0.1) is 0 Å². The summed E-state index contributed by atoms with van der Waals surface area (Å²) < 4.78 is 0. The van der Waals surface area contributed by atoms with Gasteiger partial charge in [-0.3, -0.25) is 4.90 Å². The lowest BCUT2D eigenvalue weighted by Crippen LogP contribution is -2.39. The third kappa shape index (κ3) is 2.10. The number of hydrogen-bond acceptors (Lipinski definition) is 4. The van der Waals surface area contributed by atoms with E-state index in [4.69, 9.17) is 0 Å². The van der Waals surface area contributed by atoms with Crippen molar-refractivity contribution in [1.29, 1.82) is 0 Å². The van der Waals surface area contributed by atoms with E-state index in [0.29, 0.717) is 12.0 Å². The van der Waals surface area contributed by atoms with Crippen molar-refractivity contribution in [2.45, 2.75) is 25.0 Å². The summed E-state index contributed by atoms with van der Waals surface area (Å²) in [5.41, 5.74) is 3.02. The Morgan fingerprint density at radius 2 is 2.26 bits per heavy atom. The molecule has 2 aliphatic rings. The summed E-state index contributed by atoms with van der Waals surface area (Å²) in [4.78, 5) is 6.93. The number of likely N-dealkylation sites (tertiary alicyclic amines) is 1. The van der Waals surface area contributed by atoms with E-state index in [9.17, 15) is 0 Å². The quantitative estimate of drug-likeness (QED) is 0.908. The number of nitrogens with one attached hydrogen (secondary N) is 1. The molecule has 4 rings (SSSR count). The second-order valence-electron chi connectivity index (χ2n) is 5.41. The predicted octanol–water partition coefficient (Wildman–Crippen LogP) is 2.21. The van der Waals surface area contributed by atoms with E-state index < -0.39 is 0 Å². The van der Waals surface area contributed by atoms with Gasteiger partial charge in [-0.2, -0.15) is 0 Å². The van der Waals surface area contributed by atoms with Crippen LogP contribution in [0.25, 0.3) is 0 Å². The summed E-state index contributed by atoms with van der Waals surface area (Å²) >= 11 is 1.76. The van der Waals surface area contributed by atoms with E-state index in [-0.39, 0.29) is 0 Å². The summed E-state index contributed by atoms with van der Waals surface area (Å²) in [7, 11) is 0. The number of aromatic nitrogens is 1. The molecule has 0 amide bonds. The molecule has 0 radical (unpaired) electrons. The van der Waals surface area contributed by atoms with Gasteiger partial charge in [-0.05, 0) is 11.1 Å². The Bertz CT molecular complexity index is 567. The zero-order chi connectivity index (χ0) is 12.7. The molecule has 0 aliphatic carbocycles. The fourth-order valence-corrected chi connectivity index (χ4v) is 4.01. The zero-order valence-corrected chi connectivity index (χ0v) is 11.6. The Kier molecular flexibility index (Phi) is 2.87. The average Bonchev–Trinajstić information content (AvgIpc) is 3.08. The van der Waals surface area contributed by atoms with Crippen LogP contribution >= 0.6 is 11.3 Å². The maximum Gasteiger partial charge on any atom is 0.107 e. The number of rotatable bonds is 2. The largest absolute Gasteiger partial charge is 0.308 e. The van der Waals surface area contributed by atoms with Crippen LogP contribution in [0.15, 0.2) is 35.8 Å². The van der Waals surface area contributed by atoms with Crippen molar-refractivity contribution in [1.82, 2.24) is 15.2 Å². The van der Waals surface area contributed by atoms with Gasteiger partial charge in [-0.1, -0.05) is 24.3 Å². The van der Waals surface area contributed by atoms with Crippen molar-refractivity contribution in [3.63, 3.8) is 0 Å². The molecule has 1 N–H and O–H groups in total. The van der Waals surface area contributed by atoms with Gasteiger partial charge in [0.1, 0.15) is 5.01 Å². The molecule has 1 aromatic carbocycles. The number of fused-ring (bicyclic) bond motifs is 3. The molecule has 1 aromatic heterocycles. The molecule has 0 bridgehead atoms. The third-order valence-electron chi connectivity index (χ3n) is 4.25. The first-order valence-electron chi connectivity index (χ1n) is 6.82. The molecule has 98 valence electrons. The molecule has 2 aliphatic heterocycles. The highest BCUT2D eigenvalue weighted by Crippen LogP contribution is 2.34. The van der Waals surface area contributed by atoms with Crippen molar-refractivity contribution in [2.24, 2.45) is 0 Å². The first-order chi connectivity index (χ1) is 9.40. The van der Waals surface area contributed by atoms with Crippen LogP contribution < -0.4 is 5.32 Å². The smallest absolute Gasteiger partial charge is 0.107 e. The predicted molar refractivity (Wildman–Crippen MR) is 77.2 cm³/mol. The zero-order valence-electron chi connectivity index (χ0n) is 10.7. The van der Waals surface area contributed by atoms with E-state index in [0.717, 1.165) is 26.2 Å². The van der Waals surface area contributed by atoms with Gasteiger partial charge in [-0.25, -0.2) is 4.98 Å². The first-order valence-corrected chi connectivity index (χ1v) is 7.70. The molecule has 2 aromatic rings. The highest BCUT2D eigenvalue weighted by molar-refractivity contribution is 7.09. The van der Waals surface area contributed by atoms with Crippen LogP contribution in [0.3, 0.4) is 0 Å². The fraction of sp³-hybridized carbons (Fsp3) is 0.400. The fourth-order valence-electron chi connectivity index (χ4n) is 3.36. The summed E-state index contributed by atoms with van der Waals surface area (Å²) in [6.45, 7) is 4.30. The molecule has 3 heterocycles. The Hall–Kier alpha value is -1.23. The van der Waals surface area contributed by atoms with Gasteiger partial charge in [0.15, 0.2) is 0 Å². The standard InChI is InChI=1S/C15H17N3S/c1-2-4-12-11(3-1)7-17-14-9-18(8-13(12)14)10-15-16-5-6-19-15/h1-6,13-14,17H,7-10H2/t13-,14+/m0/s1. The first kappa shape index (κ1) is 11.6. The molecule has 0 spiro atoms. The molecule has 2 atom stereocenters. The SMILES string of the molecule is c1ccc2c(c1)CN[C@@H]1CN(Cc3nccs3)C[C@@H]21. The summed E-state index contributed by atoms with van der Waals surface area (Å²) in [6.07, 6.45) is 1.90. The van der Waals surface area contributed by atoms with Crippen molar-refractivity contribution in [2.75, 3.05) is 13.1 Å². The molecule has 0 unspecified atom stereocenters. The third-order valence-corrected chi connectivity index (χ3v) is 5.01. The van der Waals surface area contributed by atoms with Gasteiger partial charge < -0.3 is 5.32 Å². The van der Waals surface area contributed by atoms with Crippen LogP contribution in [0.4, 0.5) is 0 Å². The van der Waals surface area contributed by atoms with Gasteiger partial charge in [0.05, 0.1) is 6.54 Å². The lowest BCUT2D eigenvalue weighted by Gasteiger charge is -2.28. The van der Waals surface area contributed by atoms with Gasteiger partial charge in [0.25, 0.3) is 0 Å². The van der Waals surface area contributed by atoms with Crippen LogP contribution in [-0.2, 0) is 13.1 Å². The van der Waals surface area contributed by atoms with Crippen LogP contribution in [0.1, 0.15) is 22.1 Å². The topological polar surface area (TPSA) is 28.2 Å². The molecule has 1 saturated heterocycles. The maximum absolute atomic E-state index is 4.40. The van der Waals surface area contributed by atoms with Crippen LogP contribution in [0.5, 0.6) is 0 Å². The molecule has 19 heavy (non-hydrogen) atoms. The normalized spacial score (nSPS) is 26.1. The average molecular weight is 271 g/mol. The Balaban J connectivity index is 1.55. The summed E-state index contributed by atoms with van der Waals surface area (Å²) in [6, 6.07) is 9.48. The minimum Gasteiger partial charge on any atom is -0.308 e. The monoisotopic (exact) mass is 271 g/mol. The Morgan fingerprint density at radius 1 is 1.32 bits per heavy atom. The van der Waals surface area contributed by atoms with E-state index in [1.807, 2.05) is 6.20 Å². The van der Waals surface area contributed by atoms with E-state index in [1.54, 1.807) is 16.9 Å². The van der Waals surface area contributed by atoms with Gasteiger partial charge in [-0.15, -0.1) is 11.3 Å². The number of thiazole rings is 1. The van der Waals surface area contributed by atoms with E-state index in [2.05, 4.69) is 44.8 Å². The van der Waals surface area contributed by atoms with Crippen molar-refractivity contribution in [3.05, 3.63) is 52.0 Å². The van der Waals surface area contributed by atoms with Crippen LogP contribution in [0.2, 0.25) is 0 Å². The molecule has 0 saturated carbocycles. The van der Waals surface area contributed by atoms with Crippen LogP contribution in [-0.4, -0.2) is 29.0 Å². The maximum atomic E-state index is 4.40. The molecular formula is C15H17N3S. The number of nitrogens with zero attached hydrogens (tertiary/aromatic N) is 2. The second kappa shape index (κ2) is 4.71. The summed E-state index contributed by atoms with van der Waals surface area (Å²) in [5, 5.41) is 6.98. The Labute approximate surface area is 117 Å². The second-order valence-corrected chi connectivity index (χ2v) is 6.39. The number of benzene rings is 1. The minimum atomic E-state index is 0.606. The highest BCUT2D eigenvalue weighted by Gasteiger charge is 2.37. The van der Waals surface area contributed by atoms with Crippen molar-refractivity contribution < 1.29 is 0 Å². The number of hydrogen-bond donors (Lipinski definition) is 1. The van der Waals surface area contributed by atoms with Crippen molar-refractivity contribution >= 4 is 11.3 Å². The summed E-state index contributed by atoms with van der Waals surface area (Å²) in [5.74, 6) is 0.643. The molecular weight excluding hydrogens is 254 g/mol. The van der Waals surface area contributed by atoms with Gasteiger partial charge in [0, 0.05) is 43.2 Å². The van der Waals surface area contributed by atoms with E-state index in [1.165, 1.54) is 10.6 Å². The molecule has 3 nitrogen and oxygen atoms in total. The molecule has 1 fully saturated rings. The lowest BCUT2D eigenvalue weighted by molar-refractivity contribution is 0.319.